The largest absolute Gasteiger partial charge is 0.377 e. The second-order valence-electron chi connectivity index (χ2n) is 8.38. The van der Waals surface area contributed by atoms with Crippen LogP contribution in [0, 0.1) is 0 Å². The molecule has 0 saturated carbocycles. The third kappa shape index (κ3) is 9.91. The topological polar surface area (TPSA) is 55.4 Å². The second-order valence-corrected chi connectivity index (χ2v) is 8.38. The van der Waals surface area contributed by atoms with E-state index in [1.165, 1.54) is 0 Å². The Morgan fingerprint density at radius 1 is 0.395 bits per heavy atom. The fourth-order valence-electron chi connectivity index (χ4n) is 4.06. The van der Waals surface area contributed by atoms with Gasteiger partial charge in [-0.05, 0) is 16.7 Å². The lowest BCUT2D eigenvalue weighted by Crippen LogP contribution is -2.34. The molecule has 0 radical (unpaired) electrons. The monoisotopic (exact) mass is 526 g/mol. The molecule has 7 heteroatoms. The van der Waals surface area contributed by atoms with Gasteiger partial charge >= 0.3 is 0 Å². The van der Waals surface area contributed by atoms with Crippen molar-refractivity contribution in [1.29, 1.82) is 0 Å². The first-order valence-electron chi connectivity index (χ1n) is 13.1. The highest BCUT2D eigenvalue weighted by Gasteiger charge is 2.37. The summed E-state index contributed by atoms with van der Waals surface area (Å²) in [6, 6.07) is 30.9. The first kappa shape index (κ1) is 29.9. The molecule has 0 spiro atoms. The first-order chi connectivity index (χ1) is 18.9. The highest BCUT2D eigenvalue weighted by molar-refractivity contribution is 5.47. The van der Waals surface area contributed by atoms with Crippen LogP contribution >= 0.6 is 0 Å². The maximum Gasteiger partial charge on any atom is 0.143 e. The standard InChI is InChI=1S/C31H39FO6/c32-16-17-33-18-19-34-20-21-35-22-23-36-24-25-37-26-27-38-31(28-10-4-1-5-11-28,29-12-6-2-7-13-29)30-14-8-3-9-15-30/h1-15H,16-27H2. The maximum absolute atomic E-state index is 11.9. The van der Waals surface area contributed by atoms with Gasteiger partial charge in [-0.25, -0.2) is 4.39 Å². The van der Waals surface area contributed by atoms with Gasteiger partial charge in [-0.1, -0.05) is 91.0 Å². The van der Waals surface area contributed by atoms with Crippen LogP contribution in [0.1, 0.15) is 16.7 Å². The SMILES string of the molecule is FCCOCCOCCOCCOCCOCCOC(c1ccccc1)(c1ccccc1)c1ccccc1. The van der Waals surface area contributed by atoms with E-state index in [2.05, 4.69) is 36.4 Å². The summed E-state index contributed by atoms with van der Waals surface area (Å²) in [4.78, 5) is 0. The van der Waals surface area contributed by atoms with Gasteiger partial charge in [0.1, 0.15) is 12.3 Å². The first-order valence-corrected chi connectivity index (χ1v) is 13.1. The molecule has 0 heterocycles. The number of benzene rings is 3. The molecule has 0 aliphatic rings. The third-order valence-electron chi connectivity index (χ3n) is 5.80. The van der Waals surface area contributed by atoms with E-state index < -0.39 is 12.3 Å². The van der Waals surface area contributed by atoms with Crippen molar-refractivity contribution in [2.75, 3.05) is 79.4 Å². The summed E-state index contributed by atoms with van der Waals surface area (Å²) < 4.78 is 45.7. The van der Waals surface area contributed by atoms with Crippen LogP contribution < -0.4 is 0 Å². The van der Waals surface area contributed by atoms with Crippen molar-refractivity contribution in [3.05, 3.63) is 108 Å². The molecule has 0 bridgehead atoms. The van der Waals surface area contributed by atoms with Crippen LogP contribution in [-0.4, -0.2) is 79.4 Å². The molecule has 0 N–H and O–H groups in total. The van der Waals surface area contributed by atoms with Gasteiger partial charge < -0.3 is 28.4 Å². The third-order valence-corrected chi connectivity index (χ3v) is 5.80. The summed E-state index contributed by atoms with van der Waals surface area (Å²) in [7, 11) is 0. The van der Waals surface area contributed by atoms with E-state index >= 15 is 0 Å². The molecule has 0 saturated heterocycles. The molecule has 0 fully saturated rings. The van der Waals surface area contributed by atoms with Gasteiger partial charge in [-0.15, -0.1) is 0 Å². The Balaban J connectivity index is 1.38. The van der Waals surface area contributed by atoms with Crippen molar-refractivity contribution in [1.82, 2.24) is 0 Å². The fourth-order valence-corrected chi connectivity index (χ4v) is 4.06. The lowest BCUT2D eigenvalue weighted by molar-refractivity contribution is -0.0391. The number of ether oxygens (including phenoxy) is 6. The number of hydrogen-bond acceptors (Lipinski definition) is 6. The highest BCUT2D eigenvalue weighted by Crippen LogP contribution is 2.40. The van der Waals surface area contributed by atoms with Gasteiger partial charge in [0.25, 0.3) is 0 Å². The normalized spacial score (nSPS) is 11.6. The van der Waals surface area contributed by atoms with Gasteiger partial charge in [0.05, 0.1) is 72.7 Å². The van der Waals surface area contributed by atoms with E-state index in [1.54, 1.807) is 0 Å². The van der Waals surface area contributed by atoms with Gasteiger partial charge in [0.2, 0.25) is 0 Å². The van der Waals surface area contributed by atoms with Gasteiger partial charge in [0.15, 0.2) is 0 Å². The Morgan fingerprint density at radius 3 is 1.00 bits per heavy atom. The Morgan fingerprint density at radius 2 is 0.684 bits per heavy atom. The average molecular weight is 527 g/mol. The minimum absolute atomic E-state index is 0.115. The van der Waals surface area contributed by atoms with Crippen molar-refractivity contribution < 1.29 is 32.8 Å². The van der Waals surface area contributed by atoms with Gasteiger partial charge in [-0.2, -0.15) is 0 Å². The quantitative estimate of drug-likeness (QED) is 0.143. The summed E-state index contributed by atoms with van der Waals surface area (Å²) in [6.07, 6.45) is 0. The summed E-state index contributed by atoms with van der Waals surface area (Å²) in [5.74, 6) is 0. The predicted octanol–water partition coefficient (Wildman–Crippen LogP) is 5.05. The van der Waals surface area contributed by atoms with Gasteiger partial charge in [0, 0.05) is 0 Å². The lowest BCUT2D eigenvalue weighted by Gasteiger charge is -2.36. The average Bonchev–Trinajstić information content (AvgIpc) is 2.98. The van der Waals surface area contributed by atoms with Crippen molar-refractivity contribution in [3.8, 4) is 0 Å². The number of halogens is 1. The number of hydrogen-bond donors (Lipinski definition) is 0. The smallest absolute Gasteiger partial charge is 0.143 e. The fraction of sp³-hybridized carbons (Fsp3) is 0.419. The highest BCUT2D eigenvalue weighted by atomic mass is 19.1. The Bertz CT molecular complexity index is 861. The zero-order valence-corrected chi connectivity index (χ0v) is 22.0. The van der Waals surface area contributed by atoms with Crippen LogP contribution in [0.5, 0.6) is 0 Å². The molecule has 206 valence electrons. The molecule has 3 aromatic rings. The zero-order valence-electron chi connectivity index (χ0n) is 22.0. The predicted molar refractivity (Wildman–Crippen MR) is 145 cm³/mol. The lowest BCUT2D eigenvalue weighted by atomic mass is 9.80. The van der Waals surface area contributed by atoms with E-state index in [0.717, 1.165) is 16.7 Å². The Hall–Kier alpha value is -2.65. The van der Waals surface area contributed by atoms with Crippen molar-refractivity contribution >= 4 is 0 Å². The molecule has 38 heavy (non-hydrogen) atoms. The molecule has 0 unspecified atom stereocenters. The number of alkyl halides is 1. The molecule has 0 aliphatic heterocycles. The summed E-state index contributed by atoms with van der Waals surface area (Å²) >= 11 is 0. The molecular weight excluding hydrogens is 487 g/mol. The Kier molecular flexibility index (Phi) is 14.6. The van der Waals surface area contributed by atoms with E-state index in [-0.39, 0.29) is 6.61 Å². The van der Waals surface area contributed by atoms with Crippen LogP contribution in [0.4, 0.5) is 4.39 Å². The summed E-state index contributed by atoms with van der Waals surface area (Å²) in [6.45, 7) is 4.20. The van der Waals surface area contributed by atoms with Crippen molar-refractivity contribution in [2.24, 2.45) is 0 Å². The molecule has 0 aromatic heterocycles. The van der Waals surface area contributed by atoms with E-state index in [1.807, 2.05) is 54.6 Å². The van der Waals surface area contributed by atoms with E-state index in [0.29, 0.717) is 66.1 Å². The van der Waals surface area contributed by atoms with Crippen LogP contribution in [0.3, 0.4) is 0 Å². The zero-order chi connectivity index (χ0) is 26.6. The Labute approximate surface area is 225 Å². The number of rotatable bonds is 21. The minimum atomic E-state index is -0.744. The van der Waals surface area contributed by atoms with Crippen LogP contribution in [0.2, 0.25) is 0 Å². The molecule has 3 aromatic carbocycles. The molecule has 0 amide bonds. The summed E-state index contributed by atoms with van der Waals surface area (Å²) in [5.41, 5.74) is 2.45. The molecular formula is C31H39FO6. The molecule has 0 atom stereocenters. The van der Waals surface area contributed by atoms with Crippen LogP contribution in [-0.2, 0) is 34.0 Å². The van der Waals surface area contributed by atoms with Crippen molar-refractivity contribution in [3.63, 3.8) is 0 Å². The maximum atomic E-state index is 11.9. The summed E-state index contributed by atoms with van der Waals surface area (Å²) in [5, 5.41) is 0. The molecule has 3 rings (SSSR count). The van der Waals surface area contributed by atoms with Crippen LogP contribution in [0.25, 0.3) is 0 Å². The van der Waals surface area contributed by atoms with Crippen LogP contribution in [0.15, 0.2) is 91.0 Å². The van der Waals surface area contributed by atoms with E-state index in [4.69, 9.17) is 28.4 Å². The molecule has 0 aliphatic carbocycles. The van der Waals surface area contributed by atoms with E-state index in [9.17, 15) is 4.39 Å². The second kappa shape index (κ2) is 18.6. The van der Waals surface area contributed by atoms with Crippen molar-refractivity contribution in [2.45, 2.75) is 5.60 Å². The molecule has 6 nitrogen and oxygen atoms in total. The minimum Gasteiger partial charge on any atom is -0.377 e. The van der Waals surface area contributed by atoms with Gasteiger partial charge in [-0.3, -0.25) is 0 Å².